The first kappa shape index (κ1) is 24.9. The van der Waals surface area contributed by atoms with E-state index in [0.717, 1.165) is 36.1 Å². The van der Waals surface area contributed by atoms with E-state index in [9.17, 15) is 19.1 Å². The third-order valence-corrected chi connectivity index (χ3v) is 8.59. The number of ether oxygens (including phenoxy) is 1. The minimum Gasteiger partial charge on any atom is -0.505 e. The SMILES string of the molecule is CCCC1=C2[C@@H](CC/C(C)=C/c3ccc(O)c(F)c3)OC[C@@H]2[C@@H]2C(=O)N(Cc3cccs3)C(=O)[C@@H]2C1. The lowest BCUT2D eigenvalue weighted by Crippen LogP contribution is -2.34. The highest BCUT2D eigenvalue weighted by atomic mass is 32.1. The van der Waals surface area contributed by atoms with Gasteiger partial charge >= 0.3 is 0 Å². The molecule has 3 aliphatic rings. The van der Waals surface area contributed by atoms with Gasteiger partial charge in [-0.05, 0) is 67.3 Å². The van der Waals surface area contributed by atoms with Gasteiger partial charge in [0, 0.05) is 10.8 Å². The predicted molar refractivity (Wildman–Crippen MR) is 138 cm³/mol. The third-order valence-electron chi connectivity index (χ3n) is 7.73. The Kier molecular flexibility index (Phi) is 7.13. The van der Waals surface area contributed by atoms with Crippen molar-refractivity contribution in [2.75, 3.05) is 6.61 Å². The van der Waals surface area contributed by atoms with Crippen molar-refractivity contribution in [2.24, 2.45) is 17.8 Å². The summed E-state index contributed by atoms with van der Waals surface area (Å²) in [6.07, 6.45) is 5.97. The van der Waals surface area contributed by atoms with Crippen LogP contribution in [0, 0.1) is 23.6 Å². The standard InChI is InChI=1S/C29H32FNO4S/c1-3-5-19-14-21-27(29(34)31(28(21)33)15-20-6-4-11-36-20)22-16-35-25(26(19)22)10-7-17(2)12-18-8-9-24(32)23(30)13-18/h4,6,8-9,11-13,21-22,25,27,32H,3,5,7,10,14-16H2,1-2H3/b17-12+/t21-,22+,25-,27-/m1/s1. The van der Waals surface area contributed by atoms with Gasteiger partial charge in [-0.15, -0.1) is 11.3 Å². The minimum absolute atomic E-state index is 0.0319. The average molecular weight is 510 g/mol. The highest BCUT2D eigenvalue weighted by Gasteiger charge is 2.56. The molecule has 2 aliphatic heterocycles. The van der Waals surface area contributed by atoms with Crippen LogP contribution < -0.4 is 0 Å². The summed E-state index contributed by atoms with van der Waals surface area (Å²) in [5.41, 5.74) is 4.35. The van der Waals surface area contributed by atoms with Crippen molar-refractivity contribution >= 4 is 29.2 Å². The van der Waals surface area contributed by atoms with Gasteiger partial charge in [0.1, 0.15) is 0 Å². The van der Waals surface area contributed by atoms with Gasteiger partial charge in [-0.25, -0.2) is 4.39 Å². The molecule has 3 heterocycles. The summed E-state index contributed by atoms with van der Waals surface area (Å²) in [4.78, 5) is 29.3. The Hall–Kier alpha value is -2.77. The van der Waals surface area contributed by atoms with Crippen molar-refractivity contribution in [3.63, 3.8) is 0 Å². The molecule has 5 nitrogen and oxygen atoms in total. The number of rotatable bonds is 8. The summed E-state index contributed by atoms with van der Waals surface area (Å²) >= 11 is 1.57. The molecule has 2 amide bonds. The lowest BCUT2D eigenvalue weighted by Gasteiger charge is -2.32. The van der Waals surface area contributed by atoms with Crippen molar-refractivity contribution < 1.29 is 23.8 Å². The van der Waals surface area contributed by atoms with Crippen LogP contribution in [0.4, 0.5) is 4.39 Å². The number of likely N-dealkylation sites (tertiary alicyclic amines) is 1. The molecule has 190 valence electrons. The lowest BCUT2D eigenvalue weighted by atomic mass is 9.68. The zero-order chi connectivity index (χ0) is 25.4. The van der Waals surface area contributed by atoms with Gasteiger partial charge in [0.2, 0.25) is 11.8 Å². The number of thiophene rings is 1. The molecule has 0 unspecified atom stereocenters. The number of phenols is 1. The maximum atomic E-state index is 13.7. The van der Waals surface area contributed by atoms with Gasteiger partial charge in [0.25, 0.3) is 0 Å². The number of hydrogen-bond acceptors (Lipinski definition) is 5. The van der Waals surface area contributed by atoms with E-state index in [-0.39, 0.29) is 41.4 Å². The monoisotopic (exact) mass is 509 g/mol. The Balaban J connectivity index is 1.33. The molecule has 2 aromatic rings. The molecule has 2 fully saturated rings. The molecule has 0 saturated carbocycles. The first-order valence-corrected chi connectivity index (χ1v) is 13.6. The van der Waals surface area contributed by atoms with Crippen molar-refractivity contribution in [2.45, 2.75) is 58.6 Å². The Morgan fingerprint density at radius 2 is 2.08 bits per heavy atom. The molecular formula is C29H32FNO4S. The zero-order valence-electron chi connectivity index (χ0n) is 20.7. The number of phenolic OH excluding ortho intramolecular Hbond substituents is 1. The fourth-order valence-electron chi connectivity index (χ4n) is 6.12. The van der Waals surface area contributed by atoms with E-state index in [0.29, 0.717) is 25.1 Å². The van der Waals surface area contributed by atoms with Crippen LogP contribution in [0.1, 0.15) is 56.4 Å². The minimum atomic E-state index is -0.631. The number of fused-ring (bicyclic) bond motifs is 3. The number of nitrogens with zero attached hydrogens (tertiary/aromatic N) is 1. The predicted octanol–water partition coefficient (Wildman–Crippen LogP) is 6.09. The number of benzene rings is 1. The molecule has 5 rings (SSSR count). The number of imide groups is 1. The summed E-state index contributed by atoms with van der Waals surface area (Å²) in [7, 11) is 0. The number of amides is 2. The van der Waals surface area contributed by atoms with E-state index in [1.165, 1.54) is 28.2 Å². The summed E-state index contributed by atoms with van der Waals surface area (Å²) in [6.45, 7) is 5.00. The molecule has 1 aliphatic carbocycles. The van der Waals surface area contributed by atoms with Crippen molar-refractivity contribution in [1.29, 1.82) is 0 Å². The maximum Gasteiger partial charge on any atom is 0.234 e. The van der Waals surface area contributed by atoms with Crippen LogP contribution in [0.25, 0.3) is 6.08 Å². The van der Waals surface area contributed by atoms with Gasteiger partial charge < -0.3 is 9.84 Å². The summed E-state index contributed by atoms with van der Waals surface area (Å²) in [6, 6.07) is 8.30. The number of hydrogen-bond donors (Lipinski definition) is 1. The molecule has 0 bridgehead atoms. The average Bonchev–Trinajstić information content (AvgIpc) is 3.57. The van der Waals surface area contributed by atoms with E-state index in [2.05, 4.69) is 6.92 Å². The molecule has 0 spiro atoms. The molecule has 1 aromatic heterocycles. The van der Waals surface area contributed by atoms with Gasteiger partial charge in [0.05, 0.1) is 31.1 Å². The Morgan fingerprint density at radius 3 is 2.81 bits per heavy atom. The molecule has 1 N–H and O–H groups in total. The highest BCUT2D eigenvalue weighted by Crippen LogP contribution is 2.51. The zero-order valence-corrected chi connectivity index (χ0v) is 21.5. The van der Waals surface area contributed by atoms with Crippen LogP contribution in [0.5, 0.6) is 5.75 Å². The topological polar surface area (TPSA) is 66.8 Å². The molecule has 4 atom stereocenters. The second kappa shape index (κ2) is 10.3. The van der Waals surface area contributed by atoms with Gasteiger partial charge in [-0.2, -0.15) is 0 Å². The van der Waals surface area contributed by atoms with Crippen LogP contribution in [-0.4, -0.2) is 34.5 Å². The largest absolute Gasteiger partial charge is 0.505 e. The number of aromatic hydroxyl groups is 1. The first-order valence-electron chi connectivity index (χ1n) is 12.7. The van der Waals surface area contributed by atoms with Crippen molar-refractivity contribution in [3.05, 3.63) is 68.7 Å². The van der Waals surface area contributed by atoms with E-state index >= 15 is 0 Å². The molecular weight excluding hydrogens is 477 g/mol. The smallest absolute Gasteiger partial charge is 0.234 e. The molecule has 7 heteroatoms. The van der Waals surface area contributed by atoms with Crippen LogP contribution >= 0.6 is 11.3 Å². The quantitative estimate of drug-likeness (QED) is 0.345. The van der Waals surface area contributed by atoms with E-state index in [4.69, 9.17) is 4.74 Å². The number of allylic oxidation sites excluding steroid dienone is 2. The highest BCUT2D eigenvalue weighted by molar-refractivity contribution is 7.09. The summed E-state index contributed by atoms with van der Waals surface area (Å²) in [5, 5.41) is 11.4. The molecule has 0 radical (unpaired) electrons. The van der Waals surface area contributed by atoms with Crippen LogP contribution in [-0.2, 0) is 20.9 Å². The first-order chi connectivity index (χ1) is 17.4. The number of halogens is 1. The lowest BCUT2D eigenvalue weighted by molar-refractivity contribution is -0.140. The Labute approximate surface area is 215 Å². The second-order valence-corrected chi connectivity index (χ2v) is 11.2. The maximum absolute atomic E-state index is 13.7. The molecule has 1 aromatic carbocycles. The van der Waals surface area contributed by atoms with Gasteiger partial charge in [-0.3, -0.25) is 14.5 Å². The number of carbonyl (C=O) groups excluding carboxylic acids is 2. The fraction of sp³-hybridized carbons (Fsp3) is 0.448. The number of carbonyl (C=O) groups is 2. The molecule has 2 saturated heterocycles. The normalized spacial score (nSPS) is 26.1. The van der Waals surface area contributed by atoms with Gasteiger partial charge in [-0.1, -0.05) is 42.7 Å². The van der Waals surface area contributed by atoms with Crippen LogP contribution in [0.3, 0.4) is 0 Å². The third kappa shape index (κ3) is 4.66. The van der Waals surface area contributed by atoms with Crippen LogP contribution in [0.2, 0.25) is 0 Å². The van der Waals surface area contributed by atoms with Crippen molar-refractivity contribution in [1.82, 2.24) is 4.90 Å². The van der Waals surface area contributed by atoms with Gasteiger partial charge in [0.15, 0.2) is 11.6 Å². The van der Waals surface area contributed by atoms with E-state index < -0.39 is 5.82 Å². The Morgan fingerprint density at radius 1 is 1.25 bits per heavy atom. The van der Waals surface area contributed by atoms with E-state index in [1.54, 1.807) is 17.4 Å². The summed E-state index contributed by atoms with van der Waals surface area (Å²) in [5.74, 6) is -1.70. The fourth-order valence-corrected chi connectivity index (χ4v) is 6.81. The van der Waals surface area contributed by atoms with E-state index in [1.807, 2.05) is 30.5 Å². The second-order valence-electron chi connectivity index (χ2n) is 10.2. The molecule has 36 heavy (non-hydrogen) atoms. The van der Waals surface area contributed by atoms with Crippen molar-refractivity contribution in [3.8, 4) is 5.75 Å². The van der Waals surface area contributed by atoms with Crippen LogP contribution in [0.15, 0.2) is 52.4 Å². The Bertz CT molecular complexity index is 1220. The summed E-state index contributed by atoms with van der Waals surface area (Å²) < 4.78 is 20.0.